The normalized spacial score (nSPS) is 10.5. The number of nitrogens with zero attached hydrogens (tertiary/aromatic N) is 2. The molecule has 1 amide bonds. The molecule has 6 nitrogen and oxygen atoms in total. The molecule has 0 atom stereocenters. The average molecular weight is 406 g/mol. The Morgan fingerprint density at radius 3 is 2.64 bits per heavy atom. The zero-order valence-electron chi connectivity index (χ0n) is 11.4. The van der Waals surface area contributed by atoms with Crippen LogP contribution in [0.1, 0.15) is 21.7 Å². The molecular weight excluding hydrogens is 395 g/mol. The molecule has 1 heterocycles. The number of rotatable bonds is 4. The van der Waals surface area contributed by atoms with Crippen LogP contribution in [-0.4, -0.2) is 15.9 Å². The van der Waals surface area contributed by atoms with Crippen molar-refractivity contribution in [3.8, 4) is 5.75 Å². The molecule has 1 aromatic carbocycles. The van der Waals surface area contributed by atoms with E-state index in [0.717, 1.165) is 0 Å². The van der Waals surface area contributed by atoms with Crippen molar-refractivity contribution in [1.82, 2.24) is 9.97 Å². The molecule has 4 N–H and O–H groups in total. The second-order valence-electron chi connectivity index (χ2n) is 4.34. The number of benzene rings is 1. The van der Waals surface area contributed by atoms with Gasteiger partial charge in [-0.3, -0.25) is 4.79 Å². The van der Waals surface area contributed by atoms with Gasteiger partial charge in [-0.2, -0.15) is 0 Å². The highest BCUT2D eigenvalue weighted by molar-refractivity contribution is 9.10. The SMILES string of the molecule is Cc1nc(N)nc(COc2c(Cl)cc(Cl)cc2Br)c1C(N)=O. The zero-order chi connectivity index (χ0) is 16.4. The minimum absolute atomic E-state index is 0.0300. The number of aromatic nitrogens is 2. The average Bonchev–Trinajstić information content (AvgIpc) is 2.35. The van der Waals surface area contributed by atoms with Gasteiger partial charge in [-0.15, -0.1) is 0 Å². The number of halogens is 3. The molecule has 0 saturated heterocycles. The number of nitrogen functional groups attached to an aromatic ring is 1. The lowest BCUT2D eigenvalue weighted by atomic mass is 10.1. The van der Waals surface area contributed by atoms with Crippen LogP contribution in [0, 0.1) is 6.92 Å². The minimum atomic E-state index is -0.655. The van der Waals surface area contributed by atoms with Gasteiger partial charge in [-0.05, 0) is 35.0 Å². The van der Waals surface area contributed by atoms with Crippen molar-refractivity contribution in [2.24, 2.45) is 5.73 Å². The Kier molecular flexibility index (Phi) is 5.10. The number of aryl methyl sites for hydroxylation is 1. The first-order chi connectivity index (χ1) is 10.3. The summed E-state index contributed by atoms with van der Waals surface area (Å²) in [6.45, 7) is 1.57. The Balaban J connectivity index is 2.35. The van der Waals surface area contributed by atoms with Crippen LogP contribution in [0.3, 0.4) is 0 Å². The van der Waals surface area contributed by atoms with Gasteiger partial charge in [-0.1, -0.05) is 23.2 Å². The number of primary amides is 1. The number of anilines is 1. The largest absolute Gasteiger partial charge is 0.485 e. The molecule has 0 spiro atoms. The van der Waals surface area contributed by atoms with Gasteiger partial charge in [0.1, 0.15) is 6.61 Å². The number of hydrogen-bond donors (Lipinski definition) is 2. The first-order valence-electron chi connectivity index (χ1n) is 5.99. The first kappa shape index (κ1) is 16.8. The van der Waals surface area contributed by atoms with Crippen LogP contribution < -0.4 is 16.2 Å². The Bertz CT molecular complexity index is 732. The summed E-state index contributed by atoms with van der Waals surface area (Å²) in [5.41, 5.74) is 11.8. The van der Waals surface area contributed by atoms with Gasteiger partial charge in [0, 0.05) is 5.02 Å². The predicted octanol–water partition coefficient (Wildman–Crippen LogP) is 3.11. The number of ether oxygens (including phenoxy) is 1. The molecule has 0 saturated carbocycles. The van der Waals surface area contributed by atoms with E-state index in [9.17, 15) is 4.79 Å². The number of hydrogen-bond acceptors (Lipinski definition) is 5. The van der Waals surface area contributed by atoms with E-state index < -0.39 is 5.91 Å². The molecule has 0 unspecified atom stereocenters. The second kappa shape index (κ2) is 6.68. The molecule has 0 radical (unpaired) electrons. The van der Waals surface area contributed by atoms with Gasteiger partial charge in [0.25, 0.3) is 5.91 Å². The van der Waals surface area contributed by atoms with Gasteiger partial charge in [0.15, 0.2) is 5.75 Å². The third kappa shape index (κ3) is 3.60. The van der Waals surface area contributed by atoms with Gasteiger partial charge in [0.05, 0.1) is 26.4 Å². The maximum atomic E-state index is 11.5. The lowest BCUT2D eigenvalue weighted by Gasteiger charge is -2.13. The van der Waals surface area contributed by atoms with Crippen molar-refractivity contribution in [1.29, 1.82) is 0 Å². The maximum absolute atomic E-state index is 11.5. The van der Waals surface area contributed by atoms with Crippen LogP contribution in [0.2, 0.25) is 10.0 Å². The highest BCUT2D eigenvalue weighted by Gasteiger charge is 2.17. The molecule has 0 aliphatic heterocycles. The Morgan fingerprint density at radius 1 is 1.36 bits per heavy atom. The van der Waals surface area contributed by atoms with Crippen molar-refractivity contribution in [3.05, 3.63) is 43.6 Å². The van der Waals surface area contributed by atoms with Crippen molar-refractivity contribution in [3.63, 3.8) is 0 Å². The van der Waals surface area contributed by atoms with Gasteiger partial charge in [-0.25, -0.2) is 9.97 Å². The fourth-order valence-electron chi connectivity index (χ4n) is 1.89. The van der Waals surface area contributed by atoms with Gasteiger partial charge >= 0.3 is 0 Å². The quantitative estimate of drug-likeness (QED) is 0.812. The third-order valence-electron chi connectivity index (χ3n) is 2.74. The van der Waals surface area contributed by atoms with Crippen molar-refractivity contribution in [2.75, 3.05) is 5.73 Å². The molecule has 0 bridgehead atoms. The topological polar surface area (TPSA) is 104 Å². The summed E-state index contributed by atoms with van der Waals surface area (Å²) in [5.74, 6) is -0.254. The van der Waals surface area contributed by atoms with Crippen molar-refractivity contribution in [2.45, 2.75) is 13.5 Å². The van der Waals surface area contributed by atoms with E-state index in [2.05, 4.69) is 25.9 Å². The van der Waals surface area contributed by atoms with Crippen LogP contribution >= 0.6 is 39.1 Å². The Morgan fingerprint density at radius 2 is 2.05 bits per heavy atom. The second-order valence-corrected chi connectivity index (χ2v) is 6.04. The lowest BCUT2D eigenvalue weighted by Crippen LogP contribution is -2.20. The molecule has 22 heavy (non-hydrogen) atoms. The summed E-state index contributed by atoms with van der Waals surface area (Å²) < 4.78 is 6.19. The third-order valence-corrected chi connectivity index (χ3v) is 3.83. The summed E-state index contributed by atoms with van der Waals surface area (Å²) in [6.07, 6.45) is 0. The number of carbonyl (C=O) groups is 1. The van der Waals surface area contributed by atoms with Crippen LogP contribution in [0.15, 0.2) is 16.6 Å². The van der Waals surface area contributed by atoms with E-state index in [1.54, 1.807) is 13.0 Å². The van der Waals surface area contributed by atoms with Crippen LogP contribution in [0.25, 0.3) is 0 Å². The van der Waals surface area contributed by atoms with E-state index >= 15 is 0 Å². The van der Waals surface area contributed by atoms with Crippen LogP contribution in [-0.2, 0) is 6.61 Å². The number of nitrogens with two attached hydrogens (primary N) is 2. The first-order valence-corrected chi connectivity index (χ1v) is 7.54. The van der Waals surface area contributed by atoms with E-state index in [1.807, 2.05) is 0 Å². The summed E-state index contributed by atoms with van der Waals surface area (Å²) in [7, 11) is 0. The molecule has 2 rings (SSSR count). The number of amides is 1. The van der Waals surface area contributed by atoms with E-state index in [1.165, 1.54) is 6.07 Å². The lowest BCUT2D eigenvalue weighted by molar-refractivity contribution is 0.0996. The fourth-order valence-corrected chi connectivity index (χ4v) is 3.26. The molecule has 2 aromatic rings. The molecule has 0 aliphatic rings. The summed E-state index contributed by atoms with van der Waals surface area (Å²) >= 11 is 15.3. The van der Waals surface area contributed by atoms with E-state index in [-0.39, 0.29) is 23.8 Å². The summed E-state index contributed by atoms with van der Waals surface area (Å²) in [4.78, 5) is 19.5. The van der Waals surface area contributed by atoms with Crippen LogP contribution in [0.5, 0.6) is 5.75 Å². The fraction of sp³-hybridized carbons (Fsp3) is 0.154. The van der Waals surface area contributed by atoms with E-state index in [0.29, 0.717) is 26.0 Å². The van der Waals surface area contributed by atoms with Crippen molar-refractivity contribution >= 4 is 51.0 Å². The highest BCUT2D eigenvalue weighted by Crippen LogP contribution is 2.36. The molecule has 9 heteroatoms. The van der Waals surface area contributed by atoms with E-state index in [4.69, 9.17) is 39.4 Å². The monoisotopic (exact) mass is 404 g/mol. The van der Waals surface area contributed by atoms with Crippen LogP contribution in [0.4, 0.5) is 5.95 Å². The molecule has 1 aromatic heterocycles. The minimum Gasteiger partial charge on any atom is -0.485 e. The molecule has 0 fully saturated rings. The smallest absolute Gasteiger partial charge is 0.252 e. The Labute approximate surface area is 144 Å². The molecular formula is C13H11BrCl2N4O2. The summed E-state index contributed by atoms with van der Waals surface area (Å²) in [6, 6.07) is 3.18. The maximum Gasteiger partial charge on any atom is 0.252 e. The zero-order valence-corrected chi connectivity index (χ0v) is 14.5. The van der Waals surface area contributed by atoms with Gasteiger partial charge in [0.2, 0.25) is 5.95 Å². The molecule has 116 valence electrons. The predicted molar refractivity (Wildman–Crippen MR) is 88.2 cm³/mol. The standard InChI is InChI=1S/C13H11BrCl2N4O2/c1-5-10(12(17)21)9(20-13(18)19-5)4-22-11-7(14)2-6(15)3-8(11)16/h2-3H,4H2,1H3,(H2,17,21)(H2,18,19,20). The highest BCUT2D eigenvalue weighted by atomic mass is 79.9. The van der Waals surface area contributed by atoms with Crippen molar-refractivity contribution < 1.29 is 9.53 Å². The molecule has 0 aliphatic carbocycles. The van der Waals surface area contributed by atoms with Gasteiger partial charge < -0.3 is 16.2 Å². The summed E-state index contributed by atoms with van der Waals surface area (Å²) in [5, 5.41) is 0.780. The number of carbonyl (C=O) groups excluding carboxylic acids is 1. The Hall–Kier alpha value is -1.57.